The first-order valence-corrected chi connectivity index (χ1v) is 5.41. The molecule has 1 N–H and O–H groups in total. The van der Waals surface area contributed by atoms with Crippen LogP contribution in [-0.4, -0.2) is 10.8 Å². The Labute approximate surface area is 88.3 Å². The highest BCUT2D eigenvalue weighted by molar-refractivity contribution is 6.04. The van der Waals surface area contributed by atoms with Gasteiger partial charge in [0.25, 0.3) is 0 Å². The van der Waals surface area contributed by atoms with E-state index in [4.69, 9.17) is 0 Å². The second-order valence-corrected chi connectivity index (χ2v) is 4.33. The Kier molecular flexibility index (Phi) is 1.72. The first-order chi connectivity index (χ1) is 7.27. The lowest BCUT2D eigenvalue weighted by Gasteiger charge is -2.16. The molecule has 0 saturated heterocycles. The number of aromatic nitrogens is 1. The molecule has 2 nitrogen and oxygen atoms in total. The van der Waals surface area contributed by atoms with Crippen LogP contribution in [0.1, 0.15) is 29.4 Å². The highest BCUT2D eigenvalue weighted by Gasteiger charge is 2.26. The van der Waals surface area contributed by atoms with Crippen LogP contribution in [0.15, 0.2) is 24.3 Å². The van der Waals surface area contributed by atoms with Gasteiger partial charge in [0.2, 0.25) is 0 Å². The van der Waals surface area contributed by atoms with Gasteiger partial charge in [-0.1, -0.05) is 25.1 Å². The number of hydrogen-bond donors (Lipinski definition) is 1. The summed E-state index contributed by atoms with van der Waals surface area (Å²) in [5, 5.41) is 1.22. The molecule has 1 aromatic carbocycles. The normalized spacial score (nSPS) is 20.6. The number of carbonyl (C=O) groups excluding carboxylic acids is 1. The van der Waals surface area contributed by atoms with Crippen molar-refractivity contribution in [3.8, 4) is 0 Å². The molecule has 0 radical (unpaired) electrons. The van der Waals surface area contributed by atoms with E-state index in [-0.39, 0.29) is 11.7 Å². The van der Waals surface area contributed by atoms with Gasteiger partial charge in [0, 0.05) is 16.8 Å². The van der Waals surface area contributed by atoms with Gasteiger partial charge >= 0.3 is 0 Å². The van der Waals surface area contributed by atoms with E-state index in [9.17, 15) is 4.79 Å². The van der Waals surface area contributed by atoms with Gasteiger partial charge in [-0.3, -0.25) is 4.79 Å². The summed E-state index contributed by atoms with van der Waals surface area (Å²) in [6, 6.07) is 8.15. The molecule has 1 aromatic heterocycles. The monoisotopic (exact) mass is 199 g/mol. The minimum atomic E-state index is 0.172. The van der Waals surface area contributed by atoms with E-state index in [0.29, 0.717) is 0 Å². The lowest BCUT2D eigenvalue weighted by atomic mass is 9.87. The highest BCUT2D eigenvalue weighted by Crippen LogP contribution is 2.30. The number of Topliss-reactive ketones (excluding diaryl/α,β-unsaturated/α-hetero) is 1. The molecule has 0 spiro atoms. The van der Waals surface area contributed by atoms with E-state index < -0.39 is 0 Å². The summed E-state index contributed by atoms with van der Waals surface area (Å²) in [4.78, 5) is 15.2. The van der Waals surface area contributed by atoms with Gasteiger partial charge in [0.05, 0.1) is 5.69 Å². The molecular weight excluding hydrogens is 186 g/mol. The summed E-state index contributed by atoms with van der Waals surface area (Å²) in [5.74, 6) is 0.443. The van der Waals surface area contributed by atoms with Crippen LogP contribution in [0.25, 0.3) is 10.9 Å². The van der Waals surface area contributed by atoms with Crippen LogP contribution in [0.3, 0.4) is 0 Å². The van der Waals surface area contributed by atoms with Crippen LogP contribution >= 0.6 is 0 Å². The van der Waals surface area contributed by atoms with Crippen LogP contribution in [0.5, 0.6) is 0 Å². The predicted molar refractivity (Wildman–Crippen MR) is 60.1 cm³/mol. The van der Waals surface area contributed by atoms with Gasteiger partial charge in [-0.25, -0.2) is 0 Å². The SMILES string of the molecule is CC1CCc2c([nH]c3ccccc23)C1=O. The van der Waals surface area contributed by atoms with E-state index in [2.05, 4.69) is 11.1 Å². The number of rotatable bonds is 0. The van der Waals surface area contributed by atoms with Crippen molar-refractivity contribution in [2.45, 2.75) is 19.8 Å². The largest absolute Gasteiger partial charge is 0.352 e. The molecule has 1 heterocycles. The average molecular weight is 199 g/mol. The fourth-order valence-corrected chi connectivity index (χ4v) is 2.41. The zero-order valence-electron chi connectivity index (χ0n) is 8.71. The molecule has 2 heteroatoms. The molecule has 76 valence electrons. The topological polar surface area (TPSA) is 32.9 Å². The Morgan fingerprint density at radius 2 is 2.13 bits per heavy atom. The molecule has 15 heavy (non-hydrogen) atoms. The molecule has 1 aliphatic carbocycles. The molecule has 0 aliphatic heterocycles. The molecule has 0 amide bonds. The van der Waals surface area contributed by atoms with Crippen LogP contribution < -0.4 is 0 Å². The van der Waals surface area contributed by atoms with Gasteiger partial charge in [0.1, 0.15) is 0 Å². The lowest BCUT2D eigenvalue weighted by molar-refractivity contribution is 0.0909. The molecular formula is C13H13NO. The van der Waals surface area contributed by atoms with Crippen molar-refractivity contribution in [2.75, 3.05) is 0 Å². The number of para-hydroxylation sites is 1. The summed E-state index contributed by atoms with van der Waals surface area (Å²) in [6.45, 7) is 2.01. The van der Waals surface area contributed by atoms with Gasteiger partial charge < -0.3 is 4.98 Å². The molecule has 0 saturated carbocycles. The minimum absolute atomic E-state index is 0.172. The zero-order chi connectivity index (χ0) is 10.4. The van der Waals surface area contributed by atoms with E-state index in [0.717, 1.165) is 24.1 Å². The number of aryl methyl sites for hydroxylation is 1. The molecule has 1 aliphatic rings. The quantitative estimate of drug-likeness (QED) is 0.695. The summed E-state index contributed by atoms with van der Waals surface area (Å²) in [5.41, 5.74) is 3.15. The molecule has 1 unspecified atom stereocenters. The number of carbonyl (C=O) groups is 1. The van der Waals surface area contributed by atoms with E-state index >= 15 is 0 Å². The van der Waals surface area contributed by atoms with Crippen molar-refractivity contribution in [2.24, 2.45) is 5.92 Å². The summed E-state index contributed by atoms with van der Waals surface area (Å²) < 4.78 is 0. The number of benzene rings is 1. The number of nitrogens with one attached hydrogen (secondary N) is 1. The van der Waals surface area contributed by atoms with Crippen molar-refractivity contribution in [3.05, 3.63) is 35.5 Å². The van der Waals surface area contributed by atoms with Crippen molar-refractivity contribution in [1.29, 1.82) is 0 Å². The van der Waals surface area contributed by atoms with Gasteiger partial charge in [-0.05, 0) is 24.5 Å². The second-order valence-electron chi connectivity index (χ2n) is 4.33. The van der Waals surface area contributed by atoms with E-state index in [1.807, 2.05) is 25.1 Å². The number of hydrogen-bond acceptors (Lipinski definition) is 1. The average Bonchev–Trinajstić information content (AvgIpc) is 2.63. The minimum Gasteiger partial charge on any atom is -0.352 e. The smallest absolute Gasteiger partial charge is 0.182 e. The Morgan fingerprint density at radius 1 is 1.33 bits per heavy atom. The number of ketones is 1. The van der Waals surface area contributed by atoms with Crippen molar-refractivity contribution in [3.63, 3.8) is 0 Å². The second kappa shape index (κ2) is 2.96. The van der Waals surface area contributed by atoms with Crippen molar-refractivity contribution < 1.29 is 4.79 Å². The van der Waals surface area contributed by atoms with Crippen LogP contribution in [0.2, 0.25) is 0 Å². The maximum absolute atomic E-state index is 12.0. The van der Waals surface area contributed by atoms with Gasteiger partial charge in [-0.2, -0.15) is 0 Å². The Hall–Kier alpha value is -1.57. The first kappa shape index (κ1) is 8.72. The fourth-order valence-electron chi connectivity index (χ4n) is 2.41. The van der Waals surface area contributed by atoms with Crippen LogP contribution in [0, 0.1) is 5.92 Å². The summed E-state index contributed by atoms with van der Waals surface area (Å²) in [6.07, 6.45) is 2.00. The number of H-pyrrole nitrogens is 1. The number of fused-ring (bicyclic) bond motifs is 3. The molecule has 1 atom stereocenters. The first-order valence-electron chi connectivity index (χ1n) is 5.41. The number of aromatic amines is 1. The van der Waals surface area contributed by atoms with Crippen molar-refractivity contribution in [1.82, 2.24) is 4.98 Å². The Bertz CT molecular complexity index is 538. The summed E-state index contributed by atoms with van der Waals surface area (Å²) >= 11 is 0. The predicted octanol–water partition coefficient (Wildman–Crippen LogP) is 2.93. The third kappa shape index (κ3) is 1.14. The molecule has 3 rings (SSSR count). The van der Waals surface area contributed by atoms with Crippen LogP contribution in [0.4, 0.5) is 0 Å². The highest BCUT2D eigenvalue weighted by atomic mass is 16.1. The van der Waals surface area contributed by atoms with Crippen LogP contribution in [-0.2, 0) is 6.42 Å². The Balaban J connectivity index is 2.31. The lowest BCUT2D eigenvalue weighted by Crippen LogP contribution is -2.19. The standard InChI is InChI=1S/C13H13NO/c1-8-6-7-10-9-4-2-3-5-11(9)14-12(10)13(8)15/h2-5,8,14H,6-7H2,1H3. The molecule has 0 bridgehead atoms. The third-order valence-electron chi connectivity index (χ3n) is 3.33. The summed E-state index contributed by atoms with van der Waals surface area (Å²) in [7, 11) is 0. The maximum Gasteiger partial charge on any atom is 0.182 e. The van der Waals surface area contributed by atoms with Crippen molar-refractivity contribution >= 4 is 16.7 Å². The Morgan fingerprint density at radius 3 is 3.00 bits per heavy atom. The third-order valence-corrected chi connectivity index (χ3v) is 3.33. The molecule has 2 aromatic rings. The molecule has 0 fully saturated rings. The van der Waals surface area contributed by atoms with Gasteiger partial charge in [0.15, 0.2) is 5.78 Å². The van der Waals surface area contributed by atoms with E-state index in [1.165, 1.54) is 10.9 Å². The zero-order valence-corrected chi connectivity index (χ0v) is 8.71. The maximum atomic E-state index is 12.0. The van der Waals surface area contributed by atoms with E-state index in [1.54, 1.807) is 0 Å². The fraction of sp³-hybridized carbons (Fsp3) is 0.308. The van der Waals surface area contributed by atoms with Gasteiger partial charge in [-0.15, -0.1) is 0 Å².